The van der Waals surface area contributed by atoms with Crippen LogP contribution in [0, 0.1) is 5.92 Å². The van der Waals surface area contributed by atoms with Gasteiger partial charge in [-0.3, -0.25) is 0 Å². The fourth-order valence-corrected chi connectivity index (χ4v) is 4.91. The van der Waals surface area contributed by atoms with Crippen molar-refractivity contribution in [1.82, 2.24) is 10.0 Å². The molecule has 1 aromatic rings. The van der Waals surface area contributed by atoms with Crippen molar-refractivity contribution in [2.75, 3.05) is 6.54 Å². The van der Waals surface area contributed by atoms with E-state index in [1.54, 1.807) is 12.1 Å². The highest BCUT2D eigenvalue weighted by atomic mass is 79.9. The highest BCUT2D eigenvalue weighted by Crippen LogP contribution is 2.40. The maximum atomic E-state index is 12.7. The Hall–Kier alpha value is -0.430. The topological polar surface area (TPSA) is 58.2 Å². The highest BCUT2D eigenvalue weighted by Gasteiger charge is 2.40. The Bertz CT molecular complexity index is 610. The molecule has 0 atom stereocenters. The minimum Gasteiger partial charge on any atom is -0.313 e. The summed E-state index contributed by atoms with van der Waals surface area (Å²) in [6.45, 7) is 7.46. The largest absolute Gasteiger partial charge is 0.313 e. The number of nitrogens with one attached hydrogen (secondary N) is 2. The molecular weight excluding hydrogens is 352 g/mol. The fraction of sp³-hybridized carbons (Fsp3) is 0.600. The molecule has 1 saturated carbocycles. The molecule has 1 aromatic carbocycles. The van der Waals surface area contributed by atoms with E-state index in [2.05, 4.69) is 26.0 Å². The number of rotatable bonds is 7. The Labute approximate surface area is 135 Å². The van der Waals surface area contributed by atoms with Gasteiger partial charge in [-0.1, -0.05) is 13.0 Å². The first-order valence-electron chi connectivity index (χ1n) is 7.29. The van der Waals surface area contributed by atoms with Gasteiger partial charge in [-0.2, -0.15) is 0 Å². The molecule has 0 heterocycles. The van der Waals surface area contributed by atoms with Crippen molar-refractivity contribution in [3.63, 3.8) is 0 Å². The molecule has 2 N–H and O–H groups in total. The Morgan fingerprint density at radius 3 is 2.57 bits per heavy atom. The smallest absolute Gasteiger partial charge is 0.242 e. The number of hydrogen-bond donors (Lipinski definition) is 2. The van der Waals surface area contributed by atoms with Crippen LogP contribution in [0.25, 0.3) is 0 Å². The van der Waals surface area contributed by atoms with Crippen molar-refractivity contribution in [2.45, 2.75) is 50.6 Å². The Balaban J connectivity index is 2.26. The van der Waals surface area contributed by atoms with E-state index in [0.29, 0.717) is 21.8 Å². The lowest BCUT2D eigenvalue weighted by Crippen LogP contribution is -2.45. The molecule has 0 amide bonds. The van der Waals surface area contributed by atoms with Crippen LogP contribution in [0.3, 0.4) is 0 Å². The standard InChI is InChI=1S/C15H23BrN2O2S/c1-4-17-10-11-5-8-13(16)14(9-11)21(19,20)18-15(2,3)12-6-7-12/h5,8-9,12,17-18H,4,6-7,10H2,1-3H3. The van der Waals surface area contributed by atoms with Crippen LogP contribution in [0.1, 0.15) is 39.2 Å². The lowest BCUT2D eigenvalue weighted by Gasteiger charge is -2.26. The van der Waals surface area contributed by atoms with Crippen molar-refractivity contribution in [2.24, 2.45) is 5.92 Å². The number of halogens is 1. The van der Waals surface area contributed by atoms with Gasteiger partial charge in [0.25, 0.3) is 0 Å². The van der Waals surface area contributed by atoms with Crippen LogP contribution in [0.5, 0.6) is 0 Å². The molecule has 0 radical (unpaired) electrons. The summed E-state index contributed by atoms with van der Waals surface area (Å²) in [6, 6.07) is 5.46. The molecular formula is C15H23BrN2O2S. The van der Waals surface area contributed by atoms with Gasteiger partial charge in [-0.05, 0) is 72.8 Å². The van der Waals surface area contributed by atoms with Crippen LogP contribution in [-0.2, 0) is 16.6 Å². The highest BCUT2D eigenvalue weighted by molar-refractivity contribution is 9.10. The summed E-state index contributed by atoms with van der Waals surface area (Å²) in [7, 11) is -3.53. The van der Waals surface area contributed by atoms with Crippen molar-refractivity contribution in [3.8, 4) is 0 Å². The Kier molecular flexibility index (Phi) is 5.13. The van der Waals surface area contributed by atoms with E-state index >= 15 is 0 Å². The second-order valence-corrected chi connectivity index (χ2v) is 8.65. The molecule has 21 heavy (non-hydrogen) atoms. The van der Waals surface area contributed by atoms with Gasteiger partial charge in [0, 0.05) is 16.6 Å². The van der Waals surface area contributed by atoms with Gasteiger partial charge in [0.15, 0.2) is 0 Å². The number of hydrogen-bond acceptors (Lipinski definition) is 3. The lowest BCUT2D eigenvalue weighted by molar-refractivity contribution is 0.400. The third-order valence-corrected chi connectivity index (χ3v) is 6.53. The summed E-state index contributed by atoms with van der Waals surface area (Å²) < 4.78 is 28.8. The van der Waals surface area contributed by atoms with Crippen LogP contribution < -0.4 is 10.0 Å². The molecule has 0 spiro atoms. The molecule has 1 aliphatic carbocycles. The zero-order chi connectivity index (χ0) is 15.7. The molecule has 4 nitrogen and oxygen atoms in total. The van der Waals surface area contributed by atoms with E-state index in [9.17, 15) is 8.42 Å². The maximum Gasteiger partial charge on any atom is 0.242 e. The molecule has 6 heteroatoms. The Morgan fingerprint density at radius 1 is 1.33 bits per heavy atom. The molecule has 0 unspecified atom stereocenters. The van der Waals surface area contributed by atoms with Gasteiger partial charge in [-0.15, -0.1) is 0 Å². The summed E-state index contributed by atoms with van der Waals surface area (Å²) in [4.78, 5) is 0.312. The first-order chi connectivity index (χ1) is 9.76. The van der Waals surface area contributed by atoms with Crippen LogP contribution in [0.2, 0.25) is 0 Å². The second kappa shape index (κ2) is 6.36. The van der Waals surface area contributed by atoms with Crippen molar-refractivity contribution < 1.29 is 8.42 Å². The van der Waals surface area contributed by atoms with Gasteiger partial charge < -0.3 is 5.32 Å². The summed E-state index contributed by atoms with van der Waals surface area (Å²) in [5.41, 5.74) is 0.570. The van der Waals surface area contributed by atoms with E-state index in [4.69, 9.17) is 0 Å². The van der Waals surface area contributed by atoms with E-state index < -0.39 is 15.6 Å². The van der Waals surface area contributed by atoms with E-state index in [1.165, 1.54) is 0 Å². The van der Waals surface area contributed by atoms with E-state index in [-0.39, 0.29) is 0 Å². The molecule has 0 aromatic heterocycles. The monoisotopic (exact) mass is 374 g/mol. The summed E-state index contributed by atoms with van der Waals surface area (Å²) >= 11 is 3.36. The van der Waals surface area contributed by atoms with Crippen LogP contribution in [0.15, 0.2) is 27.6 Å². The molecule has 0 bridgehead atoms. The molecule has 2 rings (SSSR count). The maximum absolute atomic E-state index is 12.7. The van der Waals surface area contributed by atoms with Crippen LogP contribution >= 0.6 is 15.9 Å². The third-order valence-electron chi connectivity index (χ3n) is 3.86. The van der Waals surface area contributed by atoms with Gasteiger partial charge in [0.05, 0.1) is 4.90 Å². The average molecular weight is 375 g/mol. The zero-order valence-corrected chi connectivity index (χ0v) is 15.1. The SMILES string of the molecule is CCNCc1ccc(Br)c(S(=O)(=O)NC(C)(C)C2CC2)c1. The first kappa shape index (κ1) is 16.9. The first-order valence-corrected chi connectivity index (χ1v) is 9.57. The zero-order valence-electron chi connectivity index (χ0n) is 12.7. The summed E-state index contributed by atoms with van der Waals surface area (Å²) in [5, 5.41) is 3.21. The summed E-state index contributed by atoms with van der Waals surface area (Å²) in [6.07, 6.45) is 2.19. The summed E-state index contributed by atoms with van der Waals surface area (Å²) in [5.74, 6) is 0.441. The molecule has 0 saturated heterocycles. The quantitative estimate of drug-likeness (QED) is 0.770. The van der Waals surface area contributed by atoms with Gasteiger partial charge in [0.2, 0.25) is 10.0 Å². The molecule has 1 aliphatic rings. The number of sulfonamides is 1. The fourth-order valence-electron chi connectivity index (χ4n) is 2.42. The van der Waals surface area contributed by atoms with Gasteiger partial charge >= 0.3 is 0 Å². The van der Waals surface area contributed by atoms with Crippen LogP contribution in [0.4, 0.5) is 0 Å². The number of benzene rings is 1. The van der Waals surface area contributed by atoms with Crippen LogP contribution in [-0.4, -0.2) is 20.5 Å². The van der Waals surface area contributed by atoms with Crippen molar-refractivity contribution in [3.05, 3.63) is 28.2 Å². The van der Waals surface area contributed by atoms with Gasteiger partial charge in [-0.25, -0.2) is 13.1 Å². The Morgan fingerprint density at radius 2 is 2.00 bits per heavy atom. The second-order valence-electron chi connectivity index (χ2n) is 6.15. The minimum atomic E-state index is -3.53. The van der Waals surface area contributed by atoms with Gasteiger partial charge in [0.1, 0.15) is 0 Å². The molecule has 0 aliphatic heterocycles. The minimum absolute atomic E-state index is 0.312. The van der Waals surface area contributed by atoms with E-state index in [0.717, 1.165) is 24.9 Å². The third kappa shape index (κ3) is 4.28. The van der Waals surface area contributed by atoms with E-state index in [1.807, 2.05) is 26.8 Å². The normalized spacial score (nSPS) is 16.2. The molecule has 1 fully saturated rings. The predicted molar refractivity (Wildman–Crippen MR) is 88.6 cm³/mol. The lowest BCUT2D eigenvalue weighted by atomic mass is 10.0. The van der Waals surface area contributed by atoms with Crippen molar-refractivity contribution >= 4 is 26.0 Å². The average Bonchev–Trinajstić information content (AvgIpc) is 3.21. The predicted octanol–water partition coefficient (Wildman–Crippen LogP) is 3.03. The van der Waals surface area contributed by atoms with Crippen molar-refractivity contribution in [1.29, 1.82) is 0 Å². The molecule has 118 valence electrons.